The first-order chi connectivity index (χ1) is 35.2. The minimum absolute atomic E-state index is 0.0590. The van der Waals surface area contributed by atoms with Crippen molar-refractivity contribution in [3.05, 3.63) is 153 Å². The van der Waals surface area contributed by atoms with Crippen LogP contribution in [-0.2, 0) is 64.9 Å². The number of carboxylic acids is 2. The van der Waals surface area contributed by atoms with Gasteiger partial charge >= 0.3 is 11.9 Å². The van der Waals surface area contributed by atoms with E-state index in [1.54, 1.807) is 24.3 Å². The van der Waals surface area contributed by atoms with Crippen molar-refractivity contribution in [2.45, 2.75) is 74.0 Å². The highest BCUT2D eigenvalue weighted by Crippen LogP contribution is 2.40. The van der Waals surface area contributed by atoms with Crippen molar-refractivity contribution in [3.63, 3.8) is 0 Å². The molecule has 380 valence electrons. The lowest BCUT2D eigenvalue weighted by atomic mass is 9.91. The Labute approximate surface area is 421 Å². The van der Waals surface area contributed by atoms with E-state index in [4.69, 9.17) is 0 Å². The SMILES string of the molecule is O=C(O)CCc1c(/C=C2\C(=O)Nc3ccc(NS(=O)(=O)c4ccc(F)cc4)cc32)[nH]c2c1C(=O)CCC2.O=C(O)CCc1c(/C=C2\C(=O)Nc3ccc(NS(=O)(=O)c4ccc(F)cc4)cc32)[nH]c2c1C(=O)CCC2. The molecule has 2 aromatic heterocycles. The highest BCUT2D eigenvalue weighted by molar-refractivity contribution is 7.93. The van der Waals surface area contributed by atoms with Crippen molar-refractivity contribution >= 4 is 101 Å². The largest absolute Gasteiger partial charge is 0.481 e. The summed E-state index contributed by atoms with van der Waals surface area (Å²) in [5, 5.41) is 23.9. The summed E-state index contributed by atoms with van der Waals surface area (Å²) in [5.74, 6) is -4.09. The van der Waals surface area contributed by atoms with E-state index >= 15 is 0 Å². The molecule has 0 saturated heterocycles. The van der Waals surface area contributed by atoms with Crippen molar-refractivity contribution < 1.29 is 64.6 Å². The van der Waals surface area contributed by atoms with Gasteiger partial charge in [0.15, 0.2) is 11.6 Å². The molecule has 0 spiro atoms. The molecule has 4 heterocycles. The highest BCUT2D eigenvalue weighted by Gasteiger charge is 2.32. The van der Waals surface area contributed by atoms with Crippen LogP contribution < -0.4 is 20.1 Å². The van der Waals surface area contributed by atoms with Gasteiger partial charge in [0, 0.05) is 93.5 Å². The van der Waals surface area contributed by atoms with E-state index in [2.05, 4.69) is 30.0 Å². The Morgan fingerprint density at radius 2 is 0.932 bits per heavy atom. The maximum absolute atomic E-state index is 13.2. The van der Waals surface area contributed by atoms with E-state index in [9.17, 15) is 64.6 Å². The molecule has 0 saturated carbocycles. The van der Waals surface area contributed by atoms with Gasteiger partial charge in [0.05, 0.1) is 20.9 Å². The number of hydrogen-bond acceptors (Lipinski definition) is 10. The number of halogens is 2. The Bertz CT molecular complexity index is 3420. The van der Waals surface area contributed by atoms with Gasteiger partial charge in [-0.2, -0.15) is 0 Å². The summed E-state index contributed by atoms with van der Waals surface area (Å²) >= 11 is 0. The number of aryl methyl sites for hydroxylation is 2. The zero-order chi connectivity index (χ0) is 52.6. The number of aromatic amines is 2. The minimum atomic E-state index is -4.01. The van der Waals surface area contributed by atoms with Gasteiger partial charge in [0.25, 0.3) is 31.9 Å². The highest BCUT2D eigenvalue weighted by atomic mass is 32.2. The number of carbonyl (C=O) groups excluding carboxylic acids is 4. The van der Waals surface area contributed by atoms with E-state index in [0.29, 0.717) is 94.7 Å². The summed E-state index contributed by atoms with van der Waals surface area (Å²) < 4.78 is 82.3. The Morgan fingerprint density at radius 3 is 1.30 bits per heavy atom. The number of hydrogen-bond donors (Lipinski definition) is 8. The van der Waals surface area contributed by atoms with Crippen LogP contribution >= 0.6 is 0 Å². The van der Waals surface area contributed by atoms with E-state index < -0.39 is 55.4 Å². The molecule has 18 nitrogen and oxygen atoms in total. The maximum Gasteiger partial charge on any atom is 0.303 e. The smallest absolute Gasteiger partial charge is 0.303 e. The van der Waals surface area contributed by atoms with Crippen LogP contribution in [0.5, 0.6) is 0 Å². The molecule has 10 rings (SSSR count). The molecule has 0 radical (unpaired) electrons. The molecular weight excluding hydrogens is 1000 g/mol. The normalized spacial score (nSPS) is 15.9. The predicted octanol–water partition coefficient (Wildman–Crippen LogP) is 7.97. The molecule has 2 aliphatic carbocycles. The number of Topliss-reactive ketones (excluding diaryl/α,β-unsaturated/α-hetero) is 2. The van der Waals surface area contributed by atoms with Gasteiger partial charge < -0.3 is 30.8 Å². The third-order valence-electron chi connectivity index (χ3n) is 12.8. The monoisotopic (exact) mass is 1050 g/mol. The minimum Gasteiger partial charge on any atom is -0.481 e. The number of carbonyl (C=O) groups is 6. The summed E-state index contributed by atoms with van der Waals surface area (Å²) in [4.78, 5) is 79.6. The molecule has 8 N–H and O–H groups in total. The second-order valence-corrected chi connectivity index (χ2v) is 21.1. The standard InChI is InChI=1S/2C26H22FN3O6S/c2*27-14-4-7-16(8-5-14)37(35,36)30-15-6-10-20-18(12-15)19(26(34)29-20)13-22-17(9-11-24(32)33)25-21(28-22)2-1-3-23(25)31/h2*4-8,10,12-13,28,30H,1-3,9,11H2,(H,29,34)(H,32,33)/b2*19-13-. The van der Waals surface area contributed by atoms with E-state index in [-0.39, 0.29) is 69.6 Å². The lowest BCUT2D eigenvalue weighted by Crippen LogP contribution is -2.13. The van der Waals surface area contributed by atoms with Crippen LogP contribution in [0.4, 0.5) is 31.5 Å². The molecule has 74 heavy (non-hydrogen) atoms. The first-order valence-electron chi connectivity index (χ1n) is 23.1. The number of sulfonamides is 2. The fourth-order valence-electron chi connectivity index (χ4n) is 9.35. The summed E-state index contributed by atoms with van der Waals surface area (Å²) in [6.45, 7) is 0. The van der Waals surface area contributed by atoms with Gasteiger partial charge in [-0.05, 0) is 147 Å². The van der Waals surface area contributed by atoms with Crippen LogP contribution in [0.25, 0.3) is 23.3 Å². The average molecular weight is 1050 g/mol. The molecule has 4 aromatic carbocycles. The Morgan fingerprint density at radius 1 is 0.554 bits per heavy atom. The molecule has 0 atom stereocenters. The number of H-pyrrole nitrogens is 2. The number of ketones is 2. The fraction of sp³-hybridized carbons (Fsp3) is 0.192. The quantitative estimate of drug-likeness (QED) is 0.0482. The summed E-state index contributed by atoms with van der Waals surface area (Å²) in [6.07, 6.45) is 6.44. The summed E-state index contributed by atoms with van der Waals surface area (Å²) in [7, 11) is -8.02. The Kier molecular flexibility index (Phi) is 13.8. The number of amides is 2. The third-order valence-corrected chi connectivity index (χ3v) is 15.6. The van der Waals surface area contributed by atoms with Crippen LogP contribution in [0.3, 0.4) is 0 Å². The number of nitrogens with one attached hydrogen (secondary N) is 6. The van der Waals surface area contributed by atoms with Crippen molar-refractivity contribution in [1.82, 2.24) is 9.97 Å². The van der Waals surface area contributed by atoms with Crippen molar-refractivity contribution in [2.24, 2.45) is 0 Å². The van der Waals surface area contributed by atoms with Crippen LogP contribution in [-0.4, -0.2) is 72.3 Å². The van der Waals surface area contributed by atoms with Gasteiger partial charge in [0.2, 0.25) is 0 Å². The predicted molar refractivity (Wildman–Crippen MR) is 268 cm³/mol. The van der Waals surface area contributed by atoms with Crippen LogP contribution in [0, 0.1) is 11.6 Å². The van der Waals surface area contributed by atoms with Crippen molar-refractivity contribution in [1.29, 1.82) is 0 Å². The number of fused-ring (bicyclic) bond motifs is 4. The average Bonchev–Trinajstić information content (AvgIpc) is 4.08. The van der Waals surface area contributed by atoms with Gasteiger partial charge in [-0.1, -0.05) is 0 Å². The molecule has 0 fully saturated rings. The number of aromatic nitrogens is 2. The molecule has 2 amide bonds. The lowest BCUT2D eigenvalue weighted by Gasteiger charge is -2.11. The van der Waals surface area contributed by atoms with Crippen LogP contribution in [0.2, 0.25) is 0 Å². The van der Waals surface area contributed by atoms with Gasteiger partial charge in [-0.25, -0.2) is 25.6 Å². The van der Waals surface area contributed by atoms with Crippen LogP contribution in [0.15, 0.2) is 94.7 Å². The van der Waals surface area contributed by atoms with E-state index in [1.807, 2.05) is 0 Å². The van der Waals surface area contributed by atoms with E-state index in [0.717, 1.165) is 59.9 Å². The second kappa shape index (κ2) is 20.2. The number of rotatable bonds is 14. The second-order valence-electron chi connectivity index (χ2n) is 17.7. The number of anilines is 4. The van der Waals surface area contributed by atoms with Crippen molar-refractivity contribution in [2.75, 3.05) is 20.1 Å². The van der Waals surface area contributed by atoms with E-state index in [1.165, 1.54) is 24.3 Å². The third kappa shape index (κ3) is 10.5. The molecular formula is C52H44F2N6O12S2. The van der Waals surface area contributed by atoms with Crippen LogP contribution in [0.1, 0.15) is 104 Å². The zero-order valence-electron chi connectivity index (χ0n) is 38.9. The molecule has 6 aromatic rings. The number of aliphatic carboxylic acids is 2. The first kappa shape index (κ1) is 50.4. The maximum atomic E-state index is 13.2. The topological polar surface area (TPSA) is 291 Å². The summed E-state index contributed by atoms with van der Waals surface area (Å²) in [5.41, 5.74) is 7.21. The molecule has 4 aliphatic rings. The number of benzene rings is 4. The number of carboxylic acid groups (broad SMARTS) is 2. The van der Waals surface area contributed by atoms with Gasteiger partial charge in [-0.15, -0.1) is 0 Å². The van der Waals surface area contributed by atoms with Crippen molar-refractivity contribution in [3.8, 4) is 0 Å². The van der Waals surface area contributed by atoms with Gasteiger partial charge in [0.1, 0.15) is 11.6 Å². The summed E-state index contributed by atoms with van der Waals surface area (Å²) in [6, 6.07) is 17.9. The molecule has 0 bridgehead atoms. The molecule has 0 unspecified atom stereocenters. The first-order valence-corrected chi connectivity index (χ1v) is 26.1. The Hall–Kier alpha value is -8.50. The lowest BCUT2D eigenvalue weighted by molar-refractivity contribution is -0.138. The zero-order valence-corrected chi connectivity index (χ0v) is 40.5. The molecule has 22 heteroatoms. The Balaban J connectivity index is 0.000000182. The fourth-order valence-corrected chi connectivity index (χ4v) is 11.4. The van der Waals surface area contributed by atoms with Gasteiger partial charge in [-0.3, -0.25) is 38.2 Å². The molecule has 2 aliphatic heterocycles.